The average molecular weight is 337 g/mol. The molecule has 3 heterocycles. The minimum absolute atomic E-state index is 0.155. The molecular formula is C19H23N5O. The van der Waals surface area contributed by atoms with Gasteiger partial charge in [-0.3, -0.25) is 9.78 Å². The van der Waals surface area contributed by atoms with Crippen molar-refractivity contribution in [2.75, 3.05) is 31.1 Å². The molecule has 2 aliphatic rings. The predicted molar refractivity (Wildman–Crippen MR) is 96.9 cm³/mol. The van der Waals surface area contributed by atoms with Crippen LogP contribution in [0.3, 0.4) is 0 Å². The zero-order valence-electron chi connectivity index (χ0n) is 14.1. The molecule has 25 heavy (non-hydrogen) atoms. The van der Waals surface area contributed by atoms with Crippen LogP contribution >= 0.6 is 0 Å². The molecule has 2 saturated heterocycles. The summed E-state index contributed by atoms with van der Waals surface area (Å²) in [7, 11) is 0. The fourth-order valence-electron chi connectivity index (χ4n) is 3.58. The molecule has 2 N–H and O–H groups in total. The Morgan fingerprint density at radius 3 is 2.40 bits per heavy atom. The van der Waals surface area contributed by atoms with Gasteiger partial charge in [-0.05, 0) is 36.2 Å². The summed E-state index contributed by atoms with van der Waals surface area (Å²) in [4.78, 5) is 21.2. The summed E-state index contributed by atoms with van der Waals surface area (Å²) in [5, 5.41) is 0. The number of nitrogens with one attached hydrogen (secondary N) is 2. The maximum absolute atomic E-state index is 12.8. The first-order chi connectivity index (χ1) is 12.3. The highest BCUT2D eigenvalue weighted by Crippen LogP contribution is 2.23. The molecule has 2 aliphatic heterocycles. The van der Waals surface area contributed by atoms with Gasteiger partial charge in [0, 0.05) is 50.3 Å². The van der Waals surface area contributed by atoms with Crippen molar-refractivity contribution < 1.29 is 4.79 Å². The maximum atomic E-state index is 12.8. The summed E-state index contributed by atoms with van der Waals surface area (Å²) in [5.74, 6) is 0.191. The third-order valence-corrected chi connectivity index (χ3v) is 5.02. The van der Waals surface area contributed by atoms with Crippen molar-refractivity contribution in [3.63, 3.8) is 0 Å². The minimum atomic E-state index is -0.165. The van der Waals surface area contributed by atoms with Crippen molar-refractivity contribution in [3.05, 3.63) is 60.4 Å². The molecule has 2 aromatic rings. The van der Waals surface area contributed by atoms with Gasteiger partial charge in [0.25, 0.3) is 0 Å². The van der Waals surface area contributed by atoms with E-state index < -0.39 is 0 Å². The highest BCUT2D eigenvalue weighted by molar-refractivity contribution is 5.82. The summed E-state index contributed by atoms with van der Waals surface area (Å²) >= 11 is 0. The second-order valence-corrected chi connectivity index (χ2v) is 6.56. The van der Waals surface area contributed by atoms with E-state index in [4.69, 9.17) is 0 Å². The summed E-state index contributed by atoms with van der Waals surface area (Å²) in [6, 6.07) is 14.4. The van der Waals surface area contributed by atoms with Crippen LogP contribution < -0.4 is 15.8 Å². The molecule has 1 amide bonds. The van der Waals surface area contributed by atoms with Crippen LogP contribution in [0, 0.1) is 0 Å². The molecule has 130 valence electrons. The molecule has 2 atom stereocenters. The number of carbonyl (C=O) groups excluding carboxylic acids is 1. The molecule has 0 bridgehead atoms. The number of hydrazine groups is 1. The number of rotatable bonds is 3. The van der Waals surface area contributed by atoms with E-state index in [1.807, 2.05) is 23.1 Å². The Morgan fingerprint density at radius 1 is 0.960 bits per heavy atom. The summed E-state index contributed by atoms with van der Waals surface area (Å²) in [6.45, 7) is 3.30. The number of para-hydroxylation sites is 1. The van der Waals surface area contributed by atoms with Crippen molar-refractivity contribution >= 4 is 11.6 Å². The quantitative estimate of drug-likeness (QED) is 0.885. The van der Waals surface area contributed by atoms with Crippen molar-refractivity contribution in [3.8, 4) is 0 Å². The van der Waals surface area contributed by atoms with E-state index in [1.54, 1.807) is 12.4 Å². The summed E-state index contributed by atoms with van der Waals surface area (Å²) in [5.41, 5.74) is 8.80. The topological polar surface area (TPSA) is 60.5 Å². The van der Waals surface area contributed by atoms with E-state index in [2.05, 4.69) is 45.0 Å². The van der Waals surface area contributed by atoms with E-state index in [9.17, 15) is 4.79 Å². The van der Waals surface area contributed by atoms with E-state index in [-0.39, 0.29) is 18.0 Å². The van der Waals surface area contributed by atoms with Gasteiger partial charge in [0.2, 0.25) is 5.91 Å². The van der Waals surface area contributed by atoms with Crippen LogP contribution in [-0.4, -0.2) is 48.0 Å². The second kappa shape index (κ2) is 7.21. The van der Waals surface area contributed by atoms with E-state index in [0.717, 1.165) is 38.2 Å². The standard InChI is InChI=1S/C19H23N5O/c25-19(18-14-17(21-22-18)15-6-8-20-9-7-15)24-12-10-23(11-13-24)16-4-2-1-3-5-16/h1-9,17-18,21-22H,10-14H2. The predicted octanol–water partition coefficient (Wildman–Crippen LogP) is 1.34. The van der Waals surface area contributed by atoms with Crippen molar-refractivity contribution in [1.82, 2.24) is 20.7 Å². The maximum Gasteiger partial charge on any atom is 0.241 e. The number of carbonyl (C=O) groups is 1. The fraction of sp³-hybridized carbons (Fsp3) is 0.368. The van der Waals surface area contributed by atoms with Crippen LogP contribution in [0.2, 0.25) is 0 Å². The van der Waals surface area contributed by atoms with E-state index in [0.29, 0.717) is 0 Å². The van der Waals surface area contributed by atoms with Gasteiger partial charge in [-0.15, -0.1) is 0 Å². The lowest BCUT2D eigenvalue weighted by atomic mass is 10.0. The van der Waals surface area contributed by atoms with Crippen molar-refractivity contribution in [2.45, 2.75) is 18.5 Å². The highest BCUT2D eigenvalue weighted by atomic mass is 16.2. The smallest absolute Gasteiger partial charge is 0.241 e. The summed E-state index contributed by atoms with van der Waals surface area (Å²) in [6.07, 6.45) is 4.34. The number of nitrogens with zero attached hydrogens (tertiary/aromatic N) is 3. The molecule has 2 unspecified atom stereocenters. The number of benzene rings is 1. The number of amides is 1. The number of piperazine rings is 1. The molecule has 4 rings (SSSR count). The SMILES string of the molecule is O=C(C1CC(c2ccncc2)NN1)N1CCN(c2ccccc2)CC1. The first kappa shape index (κ1) is 16.1. The van der Waals surface area contributed by atoms with E-state index >= 15 is 0 Å². The number of anilines is 1. The van der Waals surface area contributed by atoms with Gasteiger partial charge in [-0.25, -0.2) is 10.9 Å². The van der Waals surface area contributed by atoms with Crippen molar-refractivity contribution in [2.24, 2.45) is 0 Å². The Balaban J connectivity index is 1.32. The lowest BCUT2D eigenvalue weighted by Gasteiger charge is -2.37. The average Bonchev–Trinajstić information content (AvgIpc) is 3.19. The normalized spacial score (nSPS) is 23.7. The molecule has 0 radical (unpaired) electrons. The highest BCUT2D eigenvalue weighted by Gasteiger charge is 2.34. The lowest BCUT2D eigenvalue weighted by molar-refractivity contribution is -0.133. The Labute approximate surface area is 147 Å². The van der Waals surface area contributed by atoms with Crippen molar-refractivity contribution in [1.29, 1.82) is 0 Å². The minimum Gasteiger partial charge on any atom is -0.368 e. The Hall–Kier alpha value is -2.44. The van der Waals surface area contributed by atoms with Gasteiger partial charge in [0.15, 0.2) is 0 Å². The Morgan fingerprint density at radius 2 is 1.68 bits per heavy atom. The molecular weight excluding hydrogens is 314 g/mol. The largest absolute Gasteiger partial charge is 0.368 e. The third-order valence-electron chi connectivity index (χ3n) is 5.02. The molecule has 6 nitrogen and oxygen atoms in total. The number of pyridine rings is 1. The fourth-order valence-corrected chi connectivity index (χ4v) is 3.58. The van der Waals surface area contributed by atoms with Crippen LogP contribution in [0.15, 0.2) is 54.9 Å². The first-order valence-electron chi connectivity index (χ1n) is 8.81. The summed E-state index contributed by atoms with van der Waals surface area (Å²) < 4.78 is 0. The van der Waals surface area contributed by atoms with Crippen LogP contribution in [0.5, 0.6) is 0 Å². The second-order valence-electron chi connectivity index (χ2n) is 6.56. The van der Waals surface area contributed by atoms with Crippen LogP contribution in [0.25, 0.3) is 0 Å². The molecule has 6 heteroatoms. The van der Waals surface area contributed by atoms with Gasteiger partial charge in [0.05, 0.1) is 0 Å². The van der Waals surface area contributed by atoms with Gasteiger partial charge in [-0.1, -0.05) is 18.2 Å². The van der Waals surface area contributed by atoms with E-state index in [1.165, 1.54) is 5.69 Å². The van der Waals surface area contributed by atoms with Gasteiger partial charge in [0.1, 0.15) is 6.04 Å². The molecule has 0 saturated carbocycles. The Bertz CT molecular complexity index is 700. The monoisotopic (exact) mass is 337 g/mol. The third kappa shape index (κ3) is 3.50. The van der Waals surface area contributed by atoms with Crippen LogP contribution in [-0.2, 0) is 4.79 Å². The van der Waals surface area contributed by atoms with Gasteiger partial charge in [-0.2, -0.15) is 0 Å². The molecule has 2 fully saturated rings. The lowest BCUT2D eigenvalue weighted by Crippen LogP contribution is -2.53. The zero-order chi connectivity index (χ0) is 17.1. The van der Waals surface area contributed by atoms with Gasteiger partial charge < -0.3 is 9.80 Å². The van der Waals surface area contributed by atoms with Crippen LogP contribution in [0.4, 0.5) is 5.69 Å². The number of hydrogen-bond donors (Lipinski definition) is 2. The number of hydrogen-bond acceptors (Lipinski definition) is 5. The molecule has 1 aromatic carbocycles. The zero-order valence-corrected chi connectivity index (χ0v) is 14.1. The number of aromatic nitrogens is 1. The molecule has 1 aromatic heterocycles. The molecule has 0 aliphatic carbocycles. The Kier molecular flexibility index (Phi) is 4.63. The molecule has 0 spiro atoms. The first-order valence-corrected chi connectivity index (χ1v) is 8.81. The van der Waals surface area contributed by atoms with Gasteiger partial charge >= 0.3 is 0 Å². The van der Waals surface area contributed by atoms with Crippen LogP contribution in [0.1, 0.15) is 18.0 Å².